The zero-order valence-electron chi connectivity index (χ0n) is 10.2. The van der Waals surface area contributed by atoms with Crippen molar-refractivity contribution in [2.24, 2.45) is 11.7 Å². The summed E-state index contributed by atoms with van der Waals surface area (Å²) in [6.07, 6.45) is 4.02. The van der Waals surface area contributed by atoms with Crippen LogP contribution in [0.2, 0.25) is 0 Å². The van der Waals surface area contributed by atoms with Gasteiger partial charge >= 0.3 is 0 Å². The molecule has 1 rings (SSSR count). The third-order valence-corrected chi connectivity index (χ3v) is 3.34. The van der Waals surface area contributed by atoms with Gasteiger partial charge in [0.1, 0.15) is 0 Å². The Kier molecular flexibility index (Phi) is 4.58. The van der Waals surface area contributed by atoms with E-state index in [2.05, 4.69) is 20.8 Å². The van der Waals surface area contributed by atoms with Crippen molar-refractivity contribution in [1.29, 1.82) is 0 Å². The minimum Gasteiger partial charge on any atom is -0.339 e. The molecule has 0 bridgehead atoms. The largest absolute Gasteiger partial charge is 0.339 e. The standard InChI is InChI=1S/C12H24N2O/c1-4-5-11(13)12(15)14-7-6-9(2)8-10(14)3/h9-11H,4-8,13H2,1-3H3/t9?,10?,11-/m1/s1. The van der Waals surface area contributed by atoms with E-state index in [1.165, 1.54) is 0 Å². The summed E-state index contributed by atoms with van der Waals surface area (Å²) in [5, 5.41) is 0. The first kappa shape index (κ1) is 12.5. The van der Waals surface area contributed by atoms with E-state index >= 15 is 0 Å². The lowest BCUT2D eigenvalue weighted by Crippen LogP contribution is -2.50. The molecule has 2 N–H and O–H groups in total. The Balaban J connectivity index is 2.52. The molecule has 1 heterocycles. The minimum absolute atomic E-state index is 0.149. The molecule has 0 aromatic carbocycles. The van der Waals surface area contributed by atoms with Gasteiger partial charge in [-0.3, -0.25) is 4.79 Å². The summed E-state index contributed by atoms with van der Waals surface area (Å²) < 4.78 is 0. The SMILES string of the molecule is CCC[C@@H](N)C(=O)N1CCC(C)CC1C. The molecule has 0 spiro atoms. The summed E-state index contributed by atoms with van der Waals surface area (Å²) in [4.78, 5) is 14.0. The maximum atomic E-state index is 12.0. The Hall–Kier alpha value is -0.570. The number of likely N-dealkylation sites (tertiary alicyclic amines) is 1. The van der Waals surface area contributed by atoms with Gasteiger partial charge in [0.15, 0.2) is 0 Å². The van der Waals surface area contributed by atoms with Crippen molar-refractivity contribution >= 4 is 5.91 Å². The monoisotopic (exact) mass is 212 g/mol. The van der Waals surface area contributed by atoms with Crippen LogP contribution in [-0.2, 0) is 4.79 Å². The van der Waals surface area contributed by atoms with E-state index < -0.39 is 0 Å². The van der Waals surface area contributed by atoms with E-state index in [1.54, 1.807) is 0 Å². The highest BCUT2D eigenvalue weighted by Crippen LogP contribution is 2.22. The molecule has 1 amide bonds. The summed E-state index contributed by atoms with van der Waals surface area (Å²) in [7, 11) is 0. The fraction of sp³-hybridized carbons (Fsp3) is 0.917. The van der Waals surface area contributed by atoms with E-state index in [1.807, 2.05) is 4.90 Å². The van der Waals surface area contributed by atoms with E-state index in [9.17, 15) is 4.79 Å². The van der Waals surface area contributed by atoms with Gasteiger partial charge in [-0.05, 0) is 32.1 Å². The third kappa shape index (κ3) is 3.20. The Morgan fingerprint density at radius 1 is 1.53 bits per heavy atom. The summed E-state index contributed by atoms with van der Waals surface area (Å²) in [5.41, 5.74) is 5.86. The fourth-order valence-corrected chi connectivity index (χ4v) is 2.38. The van der Waals surface area contributed by atoms with Crippen molar-refractivity contribution in [3.8, 4) is 0 Å². The van der Waals surface area contributed by atoms with Crippen LogP contribution in [-0.4, -0.2) is 29.4 Å². The Labute approximate surface area is 93.0 Å². The van der Waals surface area contributed by atoms with Crippen LogP contribution in [0.5, 0.6) is 0 Å². The highest BCUT2D eigenvalue weighted by Gasteiger charge is 2.29. The highest BCUT2D eigenvalue weighted by molar-refractivity contribution is 5.82. The lowest BCUT2D eigenvalue weighted by atomic mass is 9.92. The lowest BCUT2D eigenvalue weighted by Gasteiger charge is -2.37. The molecule has 2 unspecified atom stereocenters. The molecular weight excluding hydrogens is 188 g/mol. The number of nitrogens with two attached hydrogens (primary N) is 1. The van der Waals surface area contributed by atoms with Gasteiger partial charge in [-0.25, -0.2) is 0 Å². The van der Waals surface area contributed by atoms with Crippen molar-refractivity contribution in [2.75, 3.05) is 6.54 Å². The van der Waals surface area contributed by atoms with Crippen molar-refractivity contribution < 1.29 is 4.79 Å². The topological polar surface area (TPSA) is 46.3 Å². The molecule has 3 atom stereocenters. The molecule has 0 saturated carbocycles. The second kappa shape index (κ2) is 5.50. The van der Waals surface area contributed by atoms with Crippen LogP contribution in [0.3, 0.4) is 0 Å². The van der Waals surface area contributed by atoms with Crippen LogP contribution < -0.4 is 5.73 Å². The van der Waals surface area contributed by atoms with Crippen LogP contribution in [0.15, 0.2) is 0 Å². The molecule has 0 aliphatic carbocycles. The summed E-state index contributed by atoms with van der Waals surface area (Å²) in [6.45, 7) is 7.34. The van der Waals surface area contributed by atoms with Gasteiger partial charge < -0.3 is 10.6 Å². The molecule has 1 fully saturated rings. The molecule has 3 heteroatoms. The molecule has 88 valence electrons. The summed E-state index contributed by atoms with van der Waals surface area (Å²) >= 11 is 0. The quantitative estimate of drug-likeness (QED) is 0.775. The third-order valence-electron chi connectivity index (χ3n) is 3.34. The summed E-state index contributed by atoms with van der Waals surface area (Å²) in [6, 6.07) is 0.0787. The maximum Gasteiger partial charge on any atom is 0.239 e. The highest BCUT2D eigenvalue weighted by atomic mass is 16.2. The average Bonchev–Trinajstić information content (AvgIpc) is 2.17. The lowest BCUT2D eigenvalue weighted by molar-refractivity contribution is -0.136. The molecule has 3 nitrogen and oxygen atoms in total. The van der Waals surface area contributed by atoms with Crippen molar-refractivity contribution in [3.05, 3.63) is 0 Å². The number of hydrogen-bond donors (Lipinski definition) is 1. The molecule has 1 aliphatic rings. The number of hydrogen-bond acceptors (Lipinski definition) is 2. The molecule has 0 aromatic heterocycles. The number of carbonyl (C=O) groups is 1. The van der Waals surface area contributed by atoms with E-state index in [4.69, 9.17) is 5.73 Å². The first-order valence-corrected chi connectivity index (χ1v) is 6.12. The Bertz CT molecular complexity index is 218. The van der Waals surface area contributed by atoms with Gasteiger partial charge in [0.05, 0.1) is 6.04 Å². The maximum absolute atomic E-state index is 12.0. The minimum atomic E-state index is -0.286. The fourth-order valence-electron chi connectivity index (χ4n) is 2.38. The van der Waals surface area contributed by atoms with Gasteiger partial charge in [0, 0.05) is 12.6 Å². The molecule has 0 aromatic rings. The van der Waals surface area contributed by atoms with Gasteiger partial charge in [-0.1, -0.05) is 20.3 Å². The Morgan fingerprint density at radius 2 is 2.20 bits per heavy atom. The smallest absolute Gasteiger partial charge is 0.239 e. The molecule has 15 heavy (non-hydrogen) atoms. The van der Waals surface area contributed by atoms with Crippen molar-refractivity contribution in [2.45, 2.75) is 58.5 Å². The number of piperidine rings is 1. The van der Waals surface area contributed by atoms with E-state index in [0.29, 0.717) is 6.04 Å². The van der Waals surface area contributed by atoms with Crippen LogP contribution in [0, 0.1) is 5.92 Å². The second-order valence-electron chi connectivity index (χ2n) is 4.91. The molecule has 0 radical (unpaired) electrons. The number of carbonyl (C=O) groups excluding carboxylic acids is 1. The van der Waals surface area contributed by atoms with E-state index in [-0.39, 0.29) is 11.9 Å². The number of rotatable bonds is 3. The number of amides is 1. The predicted molar refractivity (Wildman–Crippen MR) is 62.5 cm³/mol. The number of nitrogens with zero attached hydrogens (tertiary/aromatic N) is 1. The molecule has 1 saturated heterocycles. The van der Waals surface area contributed by atoms with Gasteiger partial charge in [0.2, 0.25) is 5.91 Å². The first-order chi connectivity index (χ1) is 7.06. The zero-order valence-corrected chi connectivity index (χ0v) is 10.2. The van der Waals surface area contributed by atoms with Crippen LogP contribution >= 0.6 is 0 Å². The van der Waals surface area contributed by atoms with Gasteiger partial charge in [-0.15, -0.1) is 0 Å². The van der Waals surface area contributed by atoms with Crippen LogP contribution in [0.4, 0.5) is 0 Å². The zero-order chi connectivity index (χ0) is 11.4. The van der Waals surface area contributed by atoms with E-state index in [0.717, 1.165) is 38.1 Å². The normalized spacial score (nSPS) is 28.9. The van der Waals surface area contributed by atoms with Crippen molar-refractivity contribution in [3.63, 3.8) is 0 Å². The summed E-state index contributed by atoms with van der Waals surface area (Å²) in [5.74, 6) is 0.891. The Morgan fingerprint density at radius 3 is 2.73 bits per heavy atom. The van der Waals surface area contributed by atoms with Gasteiger partial charge in [-0.2, -0.15) is 0 Å². The average molecular weight is 212 g/mol. The van der Waals surface area contributed by atoms with Crippen molar-refractivity contribution in [1.82, 2.24) is 4.90 Å². The predicted octanol–water partition coefficient (Wildman–Crippen LogP) is 1.76. The first-order valence-electron chi connectivity index (χ1n) is 6.12. The van der Waals surface area contributed by atoms with Crippen LogP contribution in [0.25, 0.3) is 0 Å². The second-order valence-corrected chi connectivity index (χ2v) is 4.91. The van der Waals surface area contributed by atoms with Gasteiger partial charge in [0.25, 0.3) is 0 Å². The molecule has 1 aliphatic heterocycles. The van der Waals surface area contributed by atoms with Crippen LogP contribution in [0.1, 0.15) is 46.5 Å². The molecular formula is C12H24N2O.